The first kappa shape index (κ1) is 23.1. The molecule has 2 fully saturated rings. The highest BCUT2D eigenvalue weighted by atomic mass is 19.4. The van der Waals surface area contributed by atoms with E-state index in [1.807, 2.05) is 0 Å². The van der Waals surface area contributed by atoms with Gasteiger partial charge in [0.25, 0.3) is 0 Å². The Kier molecular flexibility index (Phi) is 5.56. The topological polar surface area (TPSA) is 81.6 Å². The Labute approximate surface area is 203 Å². The number of nitrogens with two attached hydrogens (primary N) is 1. The van der Waals surface area contributed by atoms with Crippen LogP contribution >= 0.6 is 0 Å². The number of fused-ring (bicyclic) bond motifs is 2. The molecular formula is C25H24F4N6O. The average molecular weight is 501 g/mol. The normalized spacial score (nSPS) is 19.9. The van der Waals surface area contributed by atoms with E-state index < -0.39 is 18.0 Å². The van der Waals surface area contributed by atoms with Gasteiger partial charge in [-0.2, -0.15) is 13.2 Å². The number of ether oxygens (including phenoxy) is 1. The summed E-state index contributed by atoms with van der Waals surface area (Å²) >= 11 is 0. The molecule has 1 aliphatic carbocycles. The Hall–Kier alpha value is -3.31. The summed E-state index contributed by atoms with van der Waals surface area (Å²) in [6, 6.07) is 6.88. The van der Waals surface area contributed by atoms with Gasteiger partial charge >= 0.3 is 6.18 Å². The Balaban J connectivity index is 1.42. The Bertz CT molecular complexity index is 1430. The van der Waals surface area contributed by atoms with Crippen LogP contribution < -0.4 is 10.5 Å². The third-order valence-corrected chi connectivity index (χ3v) is 6.80. The molecule has 6 rings (SSSR count). The van der Waals surface area contributed by atoms with Crippen LogP contribution in [-0.2, 0) is 0 Å². The maximum atomic E-state index is 14.2. The van der Waals surface area contributed by atoms with Crippen molar-refractivity contribution in [1.29, 1.82) is 0 Å². The Morgan fingerprint density at radius 3 is 2.64 bits per heavy atom. The maximum absolute atomic E-state index is 14.2. The molecule has 4 aromatic rings. The Morgan fingerprint density at radius 1 is 1.08 bits per heavy atom. The minimum Gasteiger partial charge on any atom is -0.491 e. The molecule has 0 amide bonds. The molecule has 2 aliphatic rings. The van der Waals surface area contributed by atoms with E-state index in [2.05, 4.69) is 15.2 Å². The second-order valence-electron chi connectivity index (χ2n) is 9.63. The maximum Gasteiger partial charge on any atom is 0.408 e. The second kappa shape index (κ2) is 8.67. The van der Waals surface area contributed by atoms with Crippen LogP contribution in [0.15, 0.2) is 42.6 Å². The number of alkyl halides is 3. The van der Waals surface area contributed by atoms with Gasteiger partial charge in [-0.3, -0.25) is 9.30 Å². The SMILES string of the molecule is N[C@H]1CCN([C@H](c2ccc3nnc(-c4ccc5cc(F)cc(OCC6CC6)c5n4)n3c2)C(F)(F)F)C1. The third kappa shape index (κ3) is 4.37. The van der Waals surface area contributed by atoms with Gasteiger partial charge in [-0.15, -0.1) is 10.2 Å². The first-order valence-corrected chi connectivity index (χ1v) is 11.9. The summed E-state index contributed by atoms with van der Waals surface area (Å²) in [5.74, 6) is 0.651. The van der Waals surface area contributed by atoms with Gasteiger partial charge in [-0.1, -0.05) is 12.1 Å². The van der Waals surface area contributed by atoms with Crippen molar-refractivity contribution >= 4 is 16.6 Å². The van der Waals surface area contributed by atoms with E-state index in [-0.39, 0.29) is 30.5 Å². The predicted octanol–water partition coefficient (Wildman–Crippen LogP) is 4.51. The zero-order chi connectivity index (χ0) is 25.0. The van der Waals surface area contributed by atoms with Gasteiger partial charge in [0.05, 0.1) is 6.61 Å². The van der Waals surface area contributed by atoms with Crippen LogP contribution in [0.1, 0.15) is 30.9 Å². The number of hydrogen-bond donors (Lipinski definition) is 1. The quantitative estimate of drug-likeness (QED) is 0.393. The monoisotopic (exact) mass is 500 g/mol. The van der Waals surface area contributed by atoms with E-state index in [0.29, 0.717) is 46.9 Å². The zero-order valence-electron chi connectivity index (χ0n) is 19.2. The number of aromatic nitrogens is 4. The van der Waals surface area contributed by atoms with Crippen molar-refractivity contribution in [2.75, 3.05) is 19.7 Å². The number of likely N-dealkylation sites (tertiary alicyclic amines) is 1. The van der Waals surface area contributed by atoms with E-state index in [1.165, 1.54) is 39.8 Å². The summed E-state index contributed by atoms with van der Waals surface area (Å²) in [6.07, 6.45) is -0.386. The summed E-state index contributed by atoms with van der Waals surface area (Å²) in [4.78, 5) is 6.02. The molecule has 36 heavy (non-hydrogen) atoms. The van der Waals surface area contributed by atoms with Gasteiger partial charge in [0, 0.05) is 36.8 Å². The van der Waals surface area contributed by atoms with Crippen LogP contribution in [0.4, 0.5) is 17.6 Å². The van der Waals surface area contributed by atoms with Gasteiger partial charge in [0.15, 0.2) is 11.5 Å². The third-order valence-electron chi connectivity index (χ3n) is 6.80. The number of hydrogen-bond acceptors (Lipinski definition) is 6. The van der Waals surface area contributed by atoms with E-state index in [4.69, 9.17) is 10.5 Å². The number of halogens is 4. The lowest BCUT2D eigenvalue weighted by molar-refractivity contribution is -0.183. The van der Waals surface area contributed by atoms with Gasteiger partial charge in [0.2, 0.25) is 0 Å². The summed E-state index contributed by atoms with van der Waals surface area (Å²) in [5, 5.41) is 8.87. The Morgan fingerprint density at radius 2 is 1.92 bits per heavy atom. The van der Waals surface area contributed by atoms with E-state index in [0.717, 1.165) is 12.8 Å². The molecule has 3 aromatic heterocycles. The molecule has 4 heterocycles. The van der Waals surface area contributed by atoms with Gasteiger partial charge in [0.1, 0.15) is 28.8 Å². The van der Waals surface area contributed by atoms with Crippen LogP contribution in [-0.4, -0.2) is 56.4 Å². The summed E-state index contributed by atoms with van der Waals surface area (Å²) in [7, 11) is 0. The zero-order valence-corrected chi connectivity index (χ0v) is 19.2. The number of rotatable bonds is 6. The highest BCUT2D eigenvalue weighted by Crippen LogP contribution is 2.40. The van der Waals surface area contributed by atoms with Crippen LogP contribution in [0.3, 0.4) is 0 Å². The van der Waals surface area contributed by atoms with Crippen LogP contribution in [0, 0.1) is 11.7 Å². The van der Waals surface area contributed by atoms with Crippen LogP contribution in [0.5, 0.6) is 5.75 Å². The second-order valence-corrected chi connectivity index (χ2v) is 9.63. The highest BCUT2D eigenvalue weighted by molar-refractivity contribution is 5.86. The minimum atomic E-state index is -4.48. The molecule has 0 radical (unpaired) electrons. The van der Waals surface area contributed by atoms with E-state index >= 15 is 0 Å². The molecule has 0 bridgehead atoms. The van der Waals surface area contributed by atoms with Gasteiger partial charge < -0.3 is 10.5 Å². The lowest BCUT2D eigenvalue weighted by Crippen LogP contribution is -2.38. The fourth-order valence-corrected chi connectivity index (χ4v) is 4.79. The minimum absolute atomic E-state index is 0.0708. The molecule has 2 N–H and O–H groups in total. The van der Waals surface area contributed by atoms with Gasteiger partial charge in [-0.05, 0) is 48.9 Å². The molecule has 0 unspecified atom stereocenters. The largest absolute Gasteiger partial charge is 0.491 e. The lowest BCUT2D eigenvalue weighted by atomic mass is 10.1. The standard InChI is InChI=1S/C25H24F4N6O/c26-17-9-15-3-5-19(31-22(15)20(10-17)36-13-14-1-2-14)24-33-32-21-6-4-16(11-35(21)24)23(25(27,28)29)34-8-7-18(30)12-34/h3-6,9-11,14,18,23H,1-2,7-8,12-13,30H2/t18-,23+/m0/s1. The molecule has 0 spiro atoms. The lowest BCUT2D eigenvalue weighted by Gasteiger charge is -2.30. The smallest absolute Gasteiger partial charge is 0.408 e. The molecular weight excluding hydrogens is 476 g/mol. The van der Waals surface area contributed by atoms with Crippen molar-refractivity contribution in [3.8, 4) is 17.3 Å². The molecule has 11 heteroatoms. The van der Waals surface area contributed by atoms with E-state index in [1.54, 1.807) is 12.1 Å². The molecule has 7 nitrogen and oxygen atoms in total. The molecule has 1 aliphatic heterocycles. The first-order valence-electron chi connectivity index (χ1n) is 11.9. The fraction of sp³-hybridized carbons (Fsp3) is 0.400. The number of nitrogens with zero attached hydrogens (tertiary/aromatic N) is 5. The van der Waals surface area contributed by atoms with Crippen LogP contribution in [0.25, 0.3) is 28.1 Å². The summed E-state index contributed by atoms with van der Waals surface area (Å²) < 4.78 is 63.9. The molecule has 1 saturated carbocycles. The summed E-state index contributed by atoms with van der Waals surface area (Å²) in [6.45, 7) is 0.926. The average Bonchev–Trinajstić information content (AvgIpc) is 3.42. The van der Waals surface area contributed by atoms with Crippen molar-refractivity contribution in [1.82, 2.24) is 24.5 Å². The van der Waals surface area contributed by atoms with Crippen molar-refractivity contribution < 1.29 is 22.3 Å². The molecule has 188 valence electrons. The highest BCUT2D eigenvalue weighted by Gasteiger charge is 2.46. The predicted molar refractivity (Wildman–Crippen MR) is 125 cm³/mol. The fourth-order valence-electron chi connectivity index (χ4n) is 4.79. The van der Waals surface area contributed by atoms with E-state index in [9.17, 15) is 17.6 Å². The van der Waals surface area contributed by atoms with Crippen molar-refractivity contribution in [2.24, 2.45) is 11.7 Å². The van der Waals surface area contributed by atoms with Crippen LogP contribution in [0.2, 0.25) is 0 Å². The number of pyridine rings is 2. The van der Waals surface area contributed by atoms with Gasteiger partial charge in [-0.25, -0.2) is 9.37 Å². The molecule has 1 aromatic carbocycles. The van der Waals surface area contributed by atoms with Crippen molar-refractivity contribution in [2.45, 2.75) is 37.5 Å². The molecule has 1 saturated heterocycles. The van der Waals surface area contributed by atoms with Crippen molar-refractivity contribution in [3.63, 3.8) is 0 Å². The summed E-state index contributed by atoms with van der Waals surface area (Å²) in [5.41, 5.74) is 7.20. The molecule has 2 atom stereocenters. The number of benzene rings is 1. The first-order chi connectivity index (χ1) is 17.3. The van der Waals surface area contributed by atoms with Crippen molar-refractivity contribution in [3.05, 3.63) is 54.0 Å².